The monoisotopic (exact) mass is 258 g/mol. The van der Waals surface area contributed by atoms with E-state index < -0.39 is 0 Å². The summed E-state index contributed by atoms with van der Waals surface area (Å²) in [7, 11) is 0. The first-order valence-electron chi connectivity index (χ1n) is 5.75. The summed E-state index contributed by atoms with van der Waals surface area (Å²) in [6.45, 7) is 4.39. The van der Waals surface area contributed by atoms with Crippen LogP contribution in [0, 0.1) is 5.92 Å². The molecule has 2 atom stereocenters. The van der Waals surface area contributed by atoms with Crippen molar-refractivity contribution < 1.29 is 0 Å². The second-order valence-electron chi connectivity index (χ2n) is 4.55. The Bertz CT molecular complexity index is 369. The lowest BCUT2D eigenvalue weighted by Gasteiger charge is -2.36. The summed E-state index contributed by atoms with van der Waals surface area (Å²) in [4.78, 5) is 2.53. The first-order chi connectivity index (χ1) is 7.83. The van der Waals surface area contributed by atoms with Crippen molar-refractivity contribution in [3.8, 4) is 0 Å². The summed E-state index contributed by atoms with van der Waals surface area (Å²) in [5, 5.41) is 12.5. The van der Waals surface area contributed by atoms with Crippen molar-refractivity contribution in [1.82, 2.24) is 20.4 Å². The molecular weight excluding hydrogens is 244 g/mol. The molecule has 0 bridgehead atoms. The van der Waals surface area contributed by atoms with Crippen LogP contribution >= 0.6 is 22.9 Å². The minimum Gasteiger partial charge on any atom is -0.315 e. The van der Waals surface area contributed by atoms with E-state index in [2.05, 4.69) is 20.4 Å². The van der Waals surface area contributed by atoms with Gasteiger partial charge in [-0.25, -0.2) is 0 Å². The van der Waals surface area contributed by atoms with Gasteiger partial charge >= 0.3 is 0 Å². The van der Waals surface area contributed by atoms with Crippen LogP contribution in [0.3, 0.4) is 0 Å². The molecule has 2 fully saturated rings. The molecule has 2 aliphatic rings. The average Bonchev–Trinajstić information content (AvgIpc) is 2.87. The summed E-state index contributed by atoms with van der Waals surface area (Å²) in [5.41, 5.74) is 0. The van der Waals surface area contributed by atoms with E-state index in [0.717, 1.165) is 24.0 Å². The van der Waals surface area contributed by atoms with E-state index in [1.54, 1.807) is 0 Å². The van der Waals surface area contributed by atoms with Gasteiger partial charge in [-0.2, -0.15) is 0 Å². The molecule has 1 aromatic heterocycles. The van der Waals surface area contributed by atoms with Gasteiger partial charge in [0.25, 0.3) is 0 Å². The van der Waals surface area contributed by atoms with Gasteiger partial charge in [-0.05, 0) is 43.5 Å². The number of likely N-dealkylation sites (tertiary alicyclic amines) is 1. The normalized spacial score (nSPS) is 30.6. The number of hydrogen-bond acceptors (Lipinski definition) is 5. The fourth-order valence-corrected chi connectivity index (χ4v) is 3.72. The van der Waals surface area contributed by atoms with Crippen molar-refractivity contribution in [1.29, 1.82) is 0 Å². The van der Waals surface area contributed by atoms with Gasteiger partial charge < -0.3 is 5.32 Å². The molecule has 4 nitrogen and oxygen atoms in total. The molecule has 1 aromatic rings. The Morgan fingerprint density at radius 1 is 1.44 bits per heavy atom. The van der Waals surface area contributed by atoms with Crippen LogP contribution in [-0.4, -0.2) is 40.8 Å². The first-order valence-corrected chi connectivity index (χ1v) is 6.95. The van der Waals surface area contributed by atoms with Crippen molar-refractivity contribution in [2.24, 2.45) is 5.92 Å². The van der Waals surface area contributed by atoms with Crippen LogP contribution in [0.15, 0.2) is 0 Å². The smallest absolute Gasteiger partial charge is 0.207 e. The van der Waals surface area contributed by atoms with E-state index in [9.17, 15) is 0 Å². The van der Waals surface area contributed by atoms with E-state index in [-0.39, 0.29) is 0 Å². The highest BCUT2D eigenvalue weighted by atomic mass is 35.5. The van der Waals surface area contributed by atoms with Crippen LogP contribution in [0.25, 0.3) is 0 Å². The molecule has 16 heavy (non-hydrogen) atoms. The standard InChI is InChI=1S/C10H15ClN4S/c11-10-14-13-9(16-10)6-15-3-1-2-7-4-12-5-8(7)15/h7-8,12H,1-6H2. The van der Waals surface area contributed by atoms with Crippen molar-refractivity contribution in [3.05, 3.63) is 9.47 Å². The van der Waals surface area contributed by atoms with Crippen molar-refractivity contribution in [2.75, 3.05) is 19.6 Å². The molecule has 0 spiro atoms. The lowest BCUT2D eigenvalue weighted by Crippen LogP contribution is -2.44. The maximum atomic E-state index is 5.80. The highest BCUT2D eigenvalue weighted by molar-refractivity contribution is 7.15. The number of aromatic nitrogens is 2. The third-order valence-corrected chi connectivity index (χ3v) is 4.58. The highest BCUT2D eigenvalue weighted by Crippen LogP contribution is 2.28. The minimum absolute atomic E-state index is 0.549. The topological polar surface area (TPSA) is 41.1 Å². The summed E-state index contributed by atoms with van der Waals surface area (Å²) in [6, 6.07) is 0.691. The third-order valence-electron chi connectivity index (χ3n) is 3.57. The number of piperidine rings is 1. The number of fused-ring (bicyclic) bond motifs is 1. The van der Waals surface area contributed by atoms with Crippen LogP contribution in [0.2, 0.25) is 4.47 Å². The zero-order valence-electron chi connectivity index (χ0n) is 9.03. The second-order valence-corrected chi connectivity index (χ2v) is 6.19. The van der Waals surface area contributed by atoms with E-state index in [1.165, 1.54) is 37.3 Å². The predicted octanol–water partition coefficient (Wildman–Crippen LogP) is 1.38. The van der Waals surface area contributed by atoms with Gasteiger partial charge in [0.15, 0.2) is 0 Å². The Morgan fingerprint density at radius 2 is 2.38 bits per heavy atom. The van der Waals surface area contributed by atoms with E-state index in [1.807, 2.05) is 0 Å². The summed E-state index contributed by atoms with van der Waals surface area (Å²) in [5.74, 6) is 0.831. The van der Waals surface area contributed by atoms with Crippen LogP contribution < -0.4 is 5.32 Å². The Hall–Kier alpha value is -0.230. The van der Waals surface area contributed by atoms with Crippen LogP contribution in [-0.2, 0) is 6.54 Å². The zero-order chi connectivity index (χ0) is 11.0. The van der Waals surface area contributed by atoms with Gasteiger partial charge in [-0.3, -0.25) is 4.90 Å². The molecule has 0 saturated carbocycles. The molecule has 0 amide bonds. The van der Waals surface area contributed by atoms with Crippen molar-refractivity contribution in [3.63, 3.8) is 0 Å². The number of halogens is 1. The molecule has 3 rings (SSSR count). The van der Waals surface area contributed by atoms with Crippen LogP contribution in [0.1, 0.15) is 17.8 Å². The molecule has 0 radical (unpaired) electrons. The Kier molecular flexibility index (Phi) is 3.11. The van der Waals surface area contributed by atoms with Crippen molar-refractivity contribution >= 4 is 22.9 Å². The quantitative estimate of drug-likeness (QED) is 0.870. The fourth-order valence-electron chi connectivity index (χ4n) is 2.83. The van der Waals surface area contributed by atoms with Gasteiger partial charge in [0.1, 0.15) is 5.01 Å². The summed E-state index contributed by atoms with van der Waals surface area (Å²) < 4.78 is 0.549. The molecule has 2 unspecified atom stereocenters. The molecule has 3 heterocycles. The first kappa shape index (κ1) is 10.9. The lowest BCUT2D eigenvalue weighted by molar-refractivity contribution is 0.117. The molecule has 0 aliphatic carbocycles. The molecule has 1 N–H and O–H groups in total. The maximum Gasteiger partial charge on any atom is 0.207 e. The number of hydrogen-bond donors (Lipinski definition) is 1. The second kappa shape index (κ2) is 4.56. The molecule has 2 saturated heterocycles. The Balaban J connectivity index is 1.69. The third kappa shape index (κ3) is 2.09. The maximum absolute atomic E-state index is 5.80. The zero-order valence-corrected chi connectivity index (χ0v) is 10.6. The van der Waals surface area contributed by atoms with E-state index >= 15 is 0 Å². The van der Waals surface area contributed by atoms with E-state index in [4.69, 9.17) is 11.6 Å². The fraction of sp³-hybridized carbons (Fsp3) is 0.800. The Labute approximate surface area is 104 Å². The summed E-state index contributed by atoms with van der Waals surface area (Å²) in [6.07, 6.45) is 2.67. The number of nitrogens with zero attached hydrogens (tertiary/aromatic N) is 3. The largest absolute Gasteiger partial charge is 0.315 e. The highest BCUT2D eigenvalue weighted by Gasteiger charge is 2.35. The van der Waals surface area contributed by atoms with Gasteiger partial charge in [0.2, 0.25) is 4.47 Å². The molecular formula is C10H15ClN4S. The molecule has 88 valence electrons. The number of rotatable bonds is 2. The molecule has 2 aliphatic heterocycles. The van der Waals surface area contributed by atoms with Gasteiger partial charge in [-0.15, -0.1) is 10.2 Å². The predicted molar refractivity (Wildman–Crippen MR) is 64.7 cm³/mol. The molecule has 0 aromatic carbocycles. The van der Waals surface area contributed by atoms with Gasteiger partial charge in [0.05, 0.1) is 6.54 Å². The Morgan fingerprint density at radius 3 is 3.19 bits per heavy atom. The SMILES string of the molecule is Clc1nnc(CN2CCCC3CNCC32)s1. The average molecular weight is 259 g/mol. The van der Waals surface area contributed by atoms with Crippen LogP contribution in [0.5, 0.6) is 0 Å². The van der Waals surface area contributed by atoms with Gasteiger partial charge in [0, 0.05) is 12.6 Å². The minimum atomic E-state index is 0.549. The molecule has 6 heteroatoms. The number of nitrogens with one attached hydrogen (secondary N) is 1. The summed E-state index contributed by atoms with van der Waals surface area (Å²) >= 11 is 7.30. The van der Waals surface area contributed by atoms with Gasteiger partial charge in [-0.1, -0.05) is 11.3 Å². The van der Waals surface area contributed by atoms with E-state index in [0.29, 0.717) is 10.5 Å². The van der Waals surface area contributed by atoms with Crippen molar-refractivity contribution in [2.45, 2.75) is 25.4 Å². The lowest BCUT2D eigenvalue weighted by atomic mass is 9.92. The van der Waals surface area contributed by atoms with Crippen LogP contribution in [0.4, 0.5) is 0 Å².